The number of carboxylic acid groups (broad SMARTS) is 1. The summed E-state index contributed by atoms with van der Waals surface area (Å²) in [5, 5.41) is 8.16. The highest BCUT2D eigenvalue weighted by Crippen LogP contribution is 2.36. The average molecular weight is 296 g/mol. The van der Waals surface area contributed by atoms with Crippen molar-refractivity contribution in [2.45, 2.75) is 44.3 Å². The molecule has 1 atom stereocenters. The number of carbonyl (C=O) groups is 1. The number of hydrogen-bond donors (Lipinski definition) is 1. The van der Waals surface area contributed by atoms with E-state index in [1.54, 1.807) is 0 Å². The van der Waals surface area contributed by atoms with Crippen molar-refractivity contribution >= 4 is 15.8 Å². The van der Waals surface area contributed by atoms with E-state index in [4.69, 9.17) is 5.11 Å². The quantitative estimate of drug-likeness (QED) is 0.906. The molecule has 110 valence electrons. The third kappa shape index (κ3) is 3.20. The Morgan fingerprint density at radius 2 is 2.15 bits per heavy atom. The van der Waals surface area contributed by atoms with Crippen LogP contribution in [0, 0.1) is 0 Å². The summed E-state index contributed by atoms with van der Waals surface area (Å²) in [7, 11) is -3.40. The first-order valence-electron chi connectivity index (χ1n) is 6.99. The molecular weight excluding hydrogens is 276 g/mol. The first kappa shape index (κ1) is 15.0. The van der Waals surface area contributed by atoms with Crippen LogP contribution in [-0.4, -0.2) is 25.2 Å². The smallest absolute Gasteiger partial charge is 0.304 e. The summed E-state index contributed by atoms with van der Waals surface area (Å²) in [6, 6.07) is 6.05. The Hall–Kier alpha value is -1.36. The number of rotatable bonds is 5. The Balaban J connectivity index is 2.33. The first-order valence-corrected chi connectivity index (χ1v) is 8.70. The van der Waals surface area contributed by atoms with Crippen molar-refractivity contribution in [3.63, 3.8) is 0 Å². The molecular formula is C15H20O4S. The summed E-state index contributed by atoms with van der Waals surface area (Å²) in [6.45, 7) is 2.04. The van der Waals surface area contributed by atoms with Crippen LogP contribution < -0.4 is 0 Å². The van der Waals surface area contributed by atoms with Gasteiger partial charge in [-0.25, -0.2) is 8.42 Å². The summed E-state index contributed by atoms with van der Waals surface area (Å²) in [5.74, 6) is -1.34. The summed E-state index contributed by atoms with van der Waals surface area (Å²) in [5.41, 5.74) is 3.11. The van der Waals surface area contributed by atoms with Gasteiger partial charge in [-0.15, -0.1) is 0 Å². The molecule has 1 N–H and O–H groups in total. The first-order chi connectivity index (χ1) is 9.44. The van der Waals surface area contributed by atoms with Gasteiger partial charge in [0.15, 0.2) is 9.84 Å². The van der Waals surface area contributed by atoms with Gasteiger partial charge in [-0.3, -0.25) is 4.79 Å². The maximum Gasteiger partial charge on any atom is 0.304 e. The van der Waals surface area contributed by atoms with Crippen molar-refractivity contribution in [3.05, 3.63) is 34.9 Å². The Morgan fingerprint density at radius 3 is 2.80 bits per heavy atom. The minimum atomic E-state index is -3.40. The molecule has 1 aliphatic carbocycles. The van der Waals surface area contributed by atoms with Crippen LogP contribution in [0.15, 0.2) is 18.2 Å². The van der Waals surface area contributed by atoms with Gasteiger partial charge in [0.25, 0.3) is 0 Å². The van der Waals surface area contributed by atoms with Crippen molar-refractivity contribution in [2.24, 2.45) is 0 Å². The molecule has 2 rings (SSSR count). The maximum absolute atomic E-state index is 12.4. The summed E-state index contributed by atoms with van der Waals surface area (Å²) in [6.07, 6.45) is 2.90. The van der Waals surface area contributed by atoms with Crippen LogP contribution in [0.1, 0.15) is 48.1 Å². The molecule has 0 saturated carbocycles. The molecule has 0 aromatic heterocycles. The largest absolute Gasteiger partial charge is 0.481 e. The van der Waals surface area contributed by atoms with Crippen LogP contribution >= 0.6 is 0 Å². The number of carboxylic acids is 1. The topological polar surface area (TPSA) is 71.4 Å². The normalized spacial score (nSPS) is 18.6. The van der Waals surface area contributed by atoms with Crippen molar-refractivity contribution in [3.8, 4) is 0 Å². The zero-order valence-corrected chi connectivity index (χ0v) is 12.4. The number of benzene rings is 1. The predicted molar refractivity (Wildman–Crippen MR) is 77.5 cm³/mol. The van der Waals surface area contributed by atoms with Gasteiger partial charge in [0.2, 0.25) is 0 Å². The number of hydrogen-bond acceptors (Lipinski definition) is 3. The van der Waals surface area contributed by atoms with E-state index in [0.29, 0.717) is 6.42 Å². The van der Waals surface area contributed by atoms with E-state index in [2.05, 4.69) is 0 Å². The van der Waals surface area contributed by atoms with Crippen LogP contribution in [0.4, 0.5) is 0 Å². The highest BCUT2D eigenvalue weighted by Gasteiger charge is 2.31. The lowest BCUT2D eigenvalue weighted by molar-refractivity contribution is -0.136. The van der Waals surface area contributed by atoms with Crippen LogP contribution in [0.3, 0.4) is 0 Å². The SMILES string of the molecule is CCc1ccc2c(c1)C(S(=O)(=O)CCC(=O)O)CCC2. The third-order valence-corrected chi connectivity index (χ3v) is 6.04. The van der Waals surface area contributed by atoms with Crippen LogP contribution in [-0.2, 0) is 27.5 Å². The molecule has 0 fully saturated rings. The van der Waals surface area contributed by atoms with E-state index in [-0.39, 0.29) is 12.2 Å². The van der Waals surface area contributed by atoms with Gasteiger partial charge < -0.3 is 5.11 Å². The second-order valence-electron chi connectivity index (χ2n) is 5.28. The van der Waals surface area contributed by atoms with Crippen molar-refractivity contribution in [1.29, 1.82) is 0 Å². The molecule has 20 heavy (non-hydrogen) atoms. The molecule has 0 radical (unpaired) electrons. The van der Waals surface area contributed by atoms with E-state index < -0.39 is 21.1 Å². The van der Waals surface area contributed by atoms with Crippen molar-refractivity contribution in [1.82, 2.24) is 0 Å². The maximum atomic E-state index is 12.4. The van der Waals surface area contributed by atoms with Gasteiger partial charge in [0.1, 0.15) is 0 Å². The summed E-state index contributed by atoms with van der Waals surface area (Å²) in [4.78, 5) is 10.6. The molecule has 1 aliphatic rings. The number of fused-ring (bicyclic) bond motifs is 1. The minimum absolute atomic E-state index is 0.275. The van der Waals surface area contributed by atoms with Gasteiger partial charge in [0.05, 0.1) is 17.4 Å². The summed E-state index contributed by atoms with van der Waals surface area (Å²) < 4.78 is 24.8. The monoisotopic (exact) mass is 296 g/mol. The molecule has 0 saturated heterocycles. The highest BCUT2D eigenvalue weighted by atomic mass is 32.2. The van der Waals surface area contributed by atoms with E-state index >= 15 is 0 Å². The third-order valence-electron chi connectivity index (χ3n) is 3.91. The molecule has 0 spiro atoms. The Morgan fingerprint density at radius 1 is 1.40 bits per heavy atom. The van der Waals surface area contributed by atoms with E-state index in [1.165, 1.54) is 0 Å². The predicted octanol–water partition coefficient (Wildman–Crippen LogP) is 2.52. The Bertz CT molecular complexity index is 604. The van der Waals surface area contributed by atoms with Gasteiger partial charge in [-0.1, -0.05) is 25.1 Å². The molecule has 0 aliphatic heterocycles. The Labute approximate surface area is 119 Å². The van der Waals surface area contributed by atoms with Crippen molar-refractivity contribution < 1.29 is 18.3 Å². The molecule has 0 bridgehead atoms. The fraction of sp³-hybridized carbons (Fsp3) is 0.533. The second-order valence-corrected chi connectivity index (χ2v) is 7.58. The second kappa shape index (κ2) is 5.95. The average Bonchev–Trinajstić information content (AvgIpc) is 2.44. The minimum Gasteiger partial charge on any atom is -0.481 e. The Kier molecular flexibility index (Phi) is 4.48. The summed E-state index contributed by atoms with van der Waals surface area (Å²) >= 11 is 0. The lowest BCUT2D eigenvalue weighted by Crippen LogP contribution is -2.23. The fourth-order valence-corrected chi connectivity index (χ4v) is 4.65. The molecule has 0 heterocycles. The van der Waals surface area contributed by atoms with E-state index in [1.807, 2.05) is 25.1 Å². The van der Waals surface area contributed by atoms with Crippen LogP contribution in [0.2, 0.25) is 0 Å². The molecule has 0 amide bonds. The lowest BCUT2D eigenvalue weighted by Gasteiger charge is -2.26. The van der Waals surface area contributed by atoms with Crippen LogP contribution in [0.5, 0.6) is 0 Å². The standard InChI is InChI=1S/C15H20O4S/c1-2-11-6-7-12-4-3-5-14(13(12)10-11)20(18,19)9-8-15(16)17/h6-7,10,14H,2-5,8-9H2,1H3,(H,16,17). The molecule has 5 heteroatoms. The number of sulfone groups is 1. The fourth-order valence-electron chi connectivity index (χ4n) is 2.77. The van der Waals surface area contributed by atoms with Crippen LogP contribution in [0.25, 0.3) is 0 Å². The molecule has 1 aromatic carbocycles. The number of aliphatic carboxylic acids is 1. The molecule has 1 unspecified atom stereocenters. The van der Waals surface area contributed by atoms with Gasteiger partial charge in [0, 0.05) is 0 Å². The molecule has 1 aromatic rings. The van der Waals surface area contributed by atoms with Crippen molar-refractivity contribution in [2.75, 3.05) is 5.75 Å². The zero-order valence-electron chi connectivity index (χ0n) is 11.6. The number of aryl methyl sites for hydroxylation is 2. The zero-order chi connectivity index (χ0) is 14.8. The lowest BCUT2D eigenvalue weighted by atomic mass is 9.89. The highest BCUT2D eigenvalue weighted by molar-refractivity contribution is 7.91. The van der Waals surface area contributed by atoms with E-state index in [9.17, 15) is 13.2 Å². The van der Waals surface area contributed by atoms with Gasteiger partial charge in [-0.2, -0.15) is 0 Å². The van der Waals surface area contributed by atoms with Gasteiger partial charge >= 0.3 is 5.97 Å². The molecule has 4 nitrogen and oxygen atoms in total. The van der Waals surface area contributed by atoms with E-state index in [0.717, 1.165) is 36.0 Å². The van der Waals surface area contributed by atoms with Gasteiger partial charge in [-0.05, 0) is 42.4 Å².